The van der Waals surface area contributed by atoms with E-state index in [0.29, 0.717) is 35.0 Å². The maximum atomic E-state index is 12.7. The number of ether oxygens (including phenoxy) is 3. The minimum atomic E-state index is -3.74. The quantitative estimate of drug-likeness (QED) is 0.524. The van der Waals surface area contributed by atoms with Crippen molar-refractivity contribution >= 4 is 21.6 Å². The summed E-state index contributed by atoms with van der Waals surface area (Å²) in [5, 5.41) is 2.78. The number of hydrogen-bond donors (Lipinski definition) is 2. The number of carbonyl (C=O) groups is 1. The molecule has 1 amide bonds. The number of rotatable bonds is 8. The minimum Gasteiger partial charge on any atom is -0.484 e. The molecule has 0 spiro atoms. The lowest BCUT2D eigenvalue weighted by Gasteiger charge is -2.12. The third-order valence-electron chi connectivity index (χ3n) is 5.05. The van der Waals surface area contributed by atoms with Gasteiger partial charge in [-0.3, -0.25) is 9.52 Å². The molecule has 0 aromatic heterocycles. The molecule has 1 heterocycles. The van der Waals surface area contributed by atoms with Gasteiger partial charge in [-0.05, 0) is 67.4 Å². The van der Waals surface area contributed by atoms with Crippen LogP contribution in [-0.4, -0.2) is 27.7 Å². The van der Waals surface area contributed by atoms with Crippen LogP contribution in [0.1, 0.15) is 16.7 Å². The summed E-state index contributed by atoms with van der Waals surface area (Å²) >= 11 is 0. The molecule has 33 heavy (non-hydrogen) atoms. The first-order valence-electron chi connectivity index (χ1n) is 10.3. The van der Waals surface area contributed by atoms with Crippen molar-refractivity contribution in [3.8, 4) is 17.2 Å². The van der Waals surface area contributed by atoms with E-state index >= 15 is 0 Å². The summed E-state index contributed by atoms with van der Waals surface area (Å²) in [5.74, 6) is 1.47. The van der Waals surface area contributed by atoms with Crippen LogP contribution < -0.4 is 24.2 Å². The number of aryl methyl sites for hydroxylation is 2. The maximum Gasteiger partial charge on any atom is 0.261 e. The normalized spacial score (nSPS) is 12.3. The zero-order valence-electron chi connectivity index (χ0n) is 18.3. The third-order valence-corrected chi connectivity index (χ3v) is 6.42. The molecule has 0 fully saturated rings. The van der Waals surface area contributed by atoms with Crippen LogP contribution in [0.5, 0.6) is 17.2 Å². The van der Waals surface area contributed by atoms with Gasteiger partial charge < -0.3 is 19.5 Å². The van der Waals surface area contributed by atoms with Crippen molar-refractivity contribution in [1.82, 2.24) is 5.32 Å². The Morgan fingerprint density at radius 1 is 0.970 bits per heavy atom. The fourth-order valence-corrected chi connectivity index (χ4v) is 4.38. The van der Waals surface area contributed by atoms with Gasteiger partial charge in [0, 0.05) is 12.2 Å². The molecule has 0 bridgehead atoms. The summed E-state index contributed by atoms with van der Waals surface area (Å²) in [6.45, 7) is 3.97. The highest BCUT2D eigenvalue weighted by atomic mass is 32.2. The van der Waals surface area contributed by atoms with Crippen LogP contribution in [0, 0.1) is 13.8 Å². The zero-order valence-corrected chi connectivity index (χ0v) is 19.1. The van der Waals surface area contributed by atoms with Crippen LogP contribution in [0.4, 0.5) is 5.69 Å². The van der Waals surface area contributed by atoms with E-state index in [0.717, 1.165) is 11.1 Å². The van der Waals surface area contributed by atoms with Gasteiger partial charge in [-0.1, -0.05) is 23.8 Å². The summed E-state index contributed by atoms with van der Waals surface area (Å²) in [7, 11) is -3.74. The Morgan fingerprint density at radius 3 is 2.48 bits per heavy atom. The molecule has 0 saturated heterocycles. The van der Waals surface area contributed by atoms with E-state index in [1.54, 1.807) is 31.2 Å². The summed E-state index contributed by atoms with van der Waals surface area (Å²) < 4.78 is 44.1. The van der Waals surface area contributed by atoms with Gasteiger partial charge >= 0.3 is 0 Å². The van der Waals surface area contributed by atoms with Gasteiger partial charge in [-0.2, -0.15) is 0 Å². The van der Waals surface area contributed by atoms with Gasteiger partial charge in [0.05, 0.1) is 4.90 Å². The van der Waals surface area contributed by atoms with E-state index < -0.39 is 10.0 Å². The Labute approximate surface area is 192 Å². The largest absolute Gasteiger partial charge is 0.484 e. The van der Waals surface area contributed by atoms with Crippen molar-refractivity contribution in [1.29, 1.82) is 0 Å². The monoisotopic (exact) mass is 468 g/mol. The lowest BCUT2D eigenvalue weighted by molar-refractivity contribution is -0.123. The molecule has 2 N–H and O–H groups in total. The first-order valence-corrected chi connectivity index (χ1v) is 11.8. The average molecular weight is 469 g/mol. The molecular weight excluding hydrogens is 444 g/mol. The number of carbonyl (C=O) groups excluding carboxylic acids is 1. The Kier molecular flexibility index (Phi) is 6.41. The predicted molar refractivity (Wildman–Crippen MR) is 123 cm³/mol. The van der Waals surface area contributed by atoms with E-state index in [9.17, 15) is 13.2 Å². The first kappa shape index (κ1) is 22.5. The van der Waals surface area contributed by atoms with Crippen molar-refractivity contribution in [2.45, 2.75) is 25.3 Å². The Morgan fingerprint density at radius 2 is 1.73 bits per heavy atom. The molecule has 1 aliphatic heterocycles. The number of hydrogen-bond acceptors (Lipinski definition) is 6. The molecule has 3 aromatic carbocycles. The summed E-state index contributed by atoms with van der Waals surface area (Å²) in [6.07, 6.45) is 0. The van der Waals surface area contributed by atoms with Crippen LogP contribution >= 0.6 is 0 Å². The molecule has 0 aliphatic carbocycles. The Hall–Kier alpha value is -3.72. The molecule has 1 aliphatic rings. The molecule has 4 rings (SSSR count). The van der Waals surface area contributed by atoms with Crippen LogP contribution in [0.25, 0.3) is 0 Å². The molecular formula is C24H24N2O6S. The fourth-order valence-electron chi connectivity index (χ4n) is 3.23. The van der Waals surface area contributed by atoms with Gasteiger partial charge in [0.2, 0.25) is 6.79 Å². The van der Waals surface area contributed by atoms with Gasteiger partial charge in [0.15, 0.2) is 18.1 Å². The topological polar surface area (TPSA) is 103 Å². The van der Waals surface area contributed by atoms with E-state index in [2.05, 4.69) is 10.0 Å². The van der Waals surface area contributed by atoms with Crippen molar-refractivity contribution < 1.29 is 27.4 Å². The second-order valence-electron chi connectivity index (χ2n) is 7.65. The number of sulfonamides is 1. The van der Waals surface area contributed by atoms with Crippen LogP contribution in [0.15, 0.2) is 65.6 Å². The highest BCUT2D eigenvalue weighted by Gasteiger charge is 2.17. The Balaban J connectivity index is 1.32. The van der Waals surface area contributed by atoms with Gasteiger partial charge in [0.1, 0.15) is 5.75 Å². The number of benzene rings is 3. The molecule has 3 aromatic rings. The summed E-state index contributed by atoms with van der Waals surface area (Å²) in [4.78, 5) is 12.3. The lowest BCUT2D eigenvalue weighted by atomic mass is 10.2. The van der Waals surface area contributed by atoms with Gasteiger partial charge in [0.25, 0.3) is 15.9 Å². The standard InChI is InChI=1S/C24H24N2O6S/c1-16-3-6-19(7-4-16)26-33(28,29)20-8-10-21(17(2)11-20)30-14-24(27)25-13-18-5-9-22-23(12-18)32-15-31-22/h3-12,26H,13-15H2,1-2H3,(H,25,27). The molecule has 0 saturated carbocycles. The van der Waals surface area contributed by atoms with Crippen LogP contribution in [0.3, 0.4) is 0 Å². The third kappa shape index (κ3) is 5.56. The van der Waals surface area contributed by atoms with Crippen molar-refractivity contribution in [2.24, 2.45) is 0 Å². The first-order chi connectivity index (χ1) is 15.8. The minimum absolute atomic E-state index is 0.111. The van der Waals surface area contributed by atoms with Crippen LogP contribution in [-0.2, 0) is 21.4 Å². The molecule has 0 radical (unpaired) electrons. The highest BCUT2D eigenvalue weighted by Crippen LogP contribution is 2.32. The second kappa shape index (κ2) is 9.41. The van der Waals surface area contributed by atoms with Gasteiger partial charge in [-0.25, -0.2) is 8.42 Å². The average Bonchev–Trinajstić information content (AvgIpc) is 3.26. The fraction of sp³-hybridized carbons (Fsp3) is 0.208. The summed E-state index contributed by atoms with van der Waals surface area (Å²) in [6, 6.07) is 17.0. The van der Waals surface area contributed by atoms with Crippen molar-refractivity contribution in [2.75, 3.05) is 18.1 Å². The van der Waals surface area contributed by atoms with Gasteiger partial charge in [-0.15, -0.1) is 0 Å². The van der Waals surface area contributed by atoms with E-state index in [1.165, 1.54) is 12.1 Å². The van der Waals surface area contributed by atoms with E-state index in [1.807, 2.05) is 31.2 Å². The number of amides is 1. The number of anilines is 1. The molecule has 0 atom stereocenters. The summed E-state index contributed by atoms with van der Waals surface area (Å²) in [5.41, 5.74) is 3.00. The molecule has 0 unspecified atom stereocenters. The van der Waals surface area contributed by atoms with E-state index in [-0.39, 0.29) is 24.2 Å². The predicted octanol–water partition coefficient (Wildman–Crippen LogP) is 3.53. The smallest absolute Gasteiger partial charge is 0.261 e. The highest BCUT2D eigenvalue weighted by molar-refractivity contribution is 7.92. The second-order valence-corrected chi connectivity index (χ2v) is 9.33. The van der Waals surface area contributed by atoms with Crippen LogP contribution in [0.2, 0.25) is 0 Å². The van der Waals surface area contributed by atoms with Crippen molar-refractivity contribution in [3.05, 3.63) is 77.4 Å². The Bertz CT molecular complexity index is 1270. The molecule has 8 nitrogen and oxygen atoms in total. The number of fused-ring (bicyclic) bond motifs is 1. The number of nitrogens with one attached hydrogen (secondary N) is 2. The molecule has 172 valence electrons. The SMILES string of the molecule is Cc1ccc(NS(=O)(=O)c2ccc(OCC(=O)NCc3ccc4c(c3)OCO4)c(C)c2)cc1. The lowest BCUT2D eigenvalue weighted by Crippen LogP contribution is -2.28. The molecule has 9 heteroatoms. The maximum absolute atomic E-state index is 12.7. The zero-order chi connectivity index (χ0) is 23.4. The van der Waals surface area contributed by atoms with E-state index in [4.69, 9.17) is 14.2 Å². The van der Waals surface area contributed by atoms with Crippen molar-refractivity contribution in [3.63, 3.8) is 0 Å².